The van der Waals surface area contributed by atoms with Crippen LogP contribution in [0.5, 0.6) is 0 Å². The smallest absolute Gasteiger partial charge is 0.262 e. The molecule has 0 fully saturated rings. The highest BCUT2D eigenvalue weighted by molar-refractivity contribution is 7.19. The van der Waals surface area contributed by atoms with Gasteiger partial charge in [0.1, 0.15) is 10.7 Å². The van der Waals surface area contributed by atoms with Gasteiger partial charge in [0, 0.05) is 23.4 Å². The second-order valence-electron chi connectivity index (χ2n) is 5.41. The van der Waals surface area contributed by atoms with Crippen LogP contribution < -0.4 is 11.3 Å². The van der Waals surface area contributed by atoms with Crippen molar-refractivity contribution in [2.45, 2.75) is 26.8 Å². The Bertz CT molecular complexity index is 942. The highest BCUT2D eigenvalue weighted by atomic mass is 32.1. The molecule has 0 radical (unpaired) electrons. The van der Waals surface area contributed by atoms with Crippen LogP contribution in [0.2, 0.25) is 0 Å². The molecule has 3 aromatic rings. The number of aromatic nitrogens is 2. The zero-order valence-corrected chi connectivity index (χ0v) is 13.8. The van der Waals surface area contributed by atoms with Gasteiger partial charge in [-0.25, -0.2) is 4.98 Å². The molecular formula is C17H17N3O2S. The van der Waals surface area contributed by atoms with Crippen LogP contribution in [0.1, 0.15) is 17.1 Å². The SMILES string of the molecule is Cc1sc2nc(C)n(CCC(N)=O)c(=O)c2c1-c1ccccc1. The number of carbonyl (C=O) groups excluding carboxylic acids is 1. The molecule has 118 valence electrons. The van der Waals surface area contributed by atoms with Crippen LogP contribution in [-0.4, -0.2) is 15.5 Å². The summed E-state index contributed by atoms with van der Waals surface area (Å²) in [6, 6.07) is 9.82. The van der Waals surface area contributed by atoms with Gasteiger partial charge in [-0.3, -0.25) is 14.2 Å². The molecule has 1 aromatic carbocycles. The van der Waals surface area contributed by atoms with Crippen LogP contribution in [0.3, 0.4) is 0 Å². The third kappa shape index (κ3) is 2.77. The van der Waals surface area contributed by atoms with E-state index in [4.69, 9.17) is 5.73 Å². The van der Waals surface area contributed by atoms with Gasteiger partial charge in [0.2, 0.25) is 5.91 Å². The highest BCUT2D eigenvalue weighted by Crippen LogP contribution is 2.35. The van der Waals surface area contributed by atoms with E-state index < -0.39 is 5.91 Å². The van der Waals surface area contributed by atoms with E-state index in [0.717, 1.165) is 20.8 Å². The predicted octanol–water partition coefficient (Wildman–Crippen LogP) is 2.62. The van der Waals surface area contributed by atoms with Crippen LogP contribution in [-0.2, 0) is 11.3 Å². The Labute approximate surface area is 137 Å². The lowest BCUT2D eigenvalue weighted by Gasteiger charge is -2.09. The summed E-state index contributed by atoms with van der Waals surface area (Å²) in [4.78, 5) is 30.3. The van der Waals surface area contributed by atoms with Crippen LogP contribution in [0.4, 0.5) is 0 Å². The fraction of sp³-hybridized carbons (Fsp3) is 0.235. The fourth-order valence-electron chi connectivity index (χ4n) is 2.73. The quantitative estimate of drug-likeness (QED) is 0.800. The summed E-state index contributed by atoms with van der Waals surface area (Å²) in [5, 5.41) is 0.619. The summed E-state index contributed by atoms with van der Waals surface area (Å²) in [7, 11) is 0. The number of nitrogens with zero attached hydrogens (tertiary/aromatic N) is 2. The van der Waals surface area contributed by atoms with Gasteiger partial charge in [-0.05, 0) is 19.4 Å². The van der Waals surface area contributed by atoms with E-state index in [0.29, 0.717) is 11.2 Å². The van der Waals surface area contributed by atoms with Crippen LogP contribution in [0.15, 0.2) is 35.1 Å². The molecule has 23 heavy (non-hydrogen) atoms. The number of aryl methyl sites for hydroxylation is 2. The predicted molar refractivity (Wildman–Crippen MR) is 92.6 cm³/mol. The van der Waals surface area contributed by atoms with Crippen molar-refractivity contribution in [3.63, 3.8) is 0 Å². The summed E-state index contributed by atoms with van der Waals surface area (Å²) >= 11 is 1.52. The minimum Gasteiger partial charge on any atom is -0.370 e. The maximum absolute atomic E-state index is 12.9. The maximum Gasteiger partial charge on any atom is 0.262 e. The summed E-state index contributed by atoms with van der Waals surface area (Å²) in [5.74, 6) is 0.172. The van der Waals surface area contributed by atoms with Crippen LogP contribution in [0, 0.1) is 13.8 Å². The van der Waals surface area contributed by atoms with Crippen molar-refractivity contribution in [3.05, 3.63) is 51.4 Å². The number of amides is 1. The van der Waals surface area contributed by atoms with Gasteiger partial charge in [0.25, 0.3) is 5.56 Å². The third-order valence-electron chi connectivity index (χ3n) is 3.82. The molecule has 1 amide bonds. The number of carbonyl (C=O) groups is 1. The Morgan fingerprint density at radius 1 is 1.26 bits per heavy atom. The molecule has 2 aromatic heterocycles. The second-order valence-corrected chi connectivity index (χ2v) is 6.61. The standard InChI is InChI=1S/C17H17N3O2S/c1-10-14(12-6-4-3-5-7-12)15-16(23-10)19-11(2)20(17(15)22)9-8-13(18)21/h3-7H,8-9H2,1-2H3,(H2,18,21). The van der Waals surface area contributed by atoms with E-state index in [9.17, 15) is 9.59 Å². The average molecular weight is 327 g/mol. The van der Waals surface area contributed by atoms with Gasteiger partial charge in [-0.2, -0.15) is 0 Å². The van der Waals surface area contributed by atoms with Gasteiger partial charge >= 0.3 is 0 Å². The Kier molecular flexibility index (Phi) is 4.00. The van der Waals surface area contributed by atoms with Gasteiger partial charge < -0.3 is 5.73 Å². The third-order valence-corrected chi connectivity index (χ3v) is 4.82. The largest absolute Gasteiger partial charge is 0.370 e. The zero-order chi connectivity index (χ0) is 16.6. The number of rotatable bonds is 4. The molecule has 5 nitrogen and oxygen atoms in total. The second kappa shape index (κ2) is 5.96. The lowest BCUT2D eigenvalue weighted by atomic mass is 10.0. The van der Waals surface area contributed by atoms with E-state index >= 15 is 0 Å². The summed E-state index contributed by atoms with van der Waals surface area (Å²) in [6.45, 7) is 4.03. The number of hydrogen-bond acceptors (Lipinski definition) is 4. The summed E-state index contributed by atoms with van der Waals surface area (Å²) in [6.07, 6.45) is 0.123. The fourth-order valence-corrected chi connectivity index (χ4v) is 3.82. The molecule has 0 aliphatic heterocycles. The topological polar surface area (TPSA) is 78.0 Å². The normalized spacial score (nSPS) is 11.0. The Hall–Kier alpha value is -2.47. The maximum atomic E-state index is 12.9. The number of thiophene rings is 1. The Balaban J connectivity index is 2.27. The van der Waals surface area contributed by atoms with Gasteiger partial charge in [0.15, 0.2) is 0 Å². The van der Waals surface area contributed by atoms with Crippen molar-refractivity contribution >= 4 is 27.5 Å². The molecule has 2 heterocycles. The van der Waals surface area contributed by atoms with Gasteiger partial charge in [-0.1, -0.05) is 30.3 Å². The van der Waals surface area contributed by atoms with Crippen molar-refractivity contribution in [2.75, 3.05) is 0 Å². The first-order chi connectivity index (χ1) is 11.0. The van der Waals surface area contributed by atoms with Crippen molar-refractivity contribution < 1.29 is 4.79 Å². The lowest BCUT2D eigenvalue weighted by molar-refractivity contribution is -0.118. The minimum atomic E-state index is -0.429. The monoisotopic (exact) mass is 327 g/mol. The zero-order valence-electron chi connectivity index (χ0n) is 13.0. The lowest BCUT2D eigenvalue weighted by Crippen LogP contribution is -2.26. The summed E-state index contributed by atoms with van der Waals surface area (Å²) < 4.78 is 1.53. The molecule has 0 unspecified atom stereocenters. The number of hydrogen-bond donors (Lipinski definition) is 1. The molecule has 0 aliphatic carbocycles. The number of nitrogens with two attached hydrogens (primary N) is 1. The Morgan fingerprint density at radius 3 is 2.61 bits per heavy atom. The number of fused-ring (bicyclic) bond motifs is 1. The molecule has 0 bridgehead atoms. The summed E-state index contributed by atoms with van der Waals surface area (Å²) in [5.41, 5.74) is 7.02. The molecule has 2 N–H and O–H groups in total. The molecule has 0 atom stereocenters. The Morgan fingerprint density at radius 2 is 1.96 bits per heavy atom. The number of benzene rings is 1. The first-order valence-electron chi connectivity index (χ1n) is 7.33. The van der Waals surface area contributed by atoms with Crippen molar-refractivity contribution in [2.24, 2.45) is 5.73 Å². The molecule has 0 saturated carbocycles. The van der Waals surface area contributed by atoms with Crippen molar-refractivity contribution in [1.29, 1.82) is 0 Å². The van der Waals surface area contributed by atoms with Crippen molar-refractivity contribution in [1.82, 2.24) is 9.55 Å². The number of primary amides is 1. The molecular weight excluding hydrogens is 310 g/mol. The van der Waals surface area contributed by atoms with E-state index in [-0.39, 0.29) is 18.5 Å². The minimum absolute atomic E-state index is 0.114. The van der Waals surface area contributed by atoms with E-state index in [2.05, 4.69) is 4.98 Å². The highest BCUT2D eigenvalue weighted by Gasteiger charge is 2.18. The molecule has 3 rings (SSSR count). The molecule has 0 spiro atoms. The average Bonchev–Trinajstić information content (AvgIpc) is 2.83. The first-order valence-corrected chi connectivity index (χ1v) is 8.15. The van der Waals surface area contributed by atoms with Gasteiger partial charge in [-0.15, -0.1) is 11.3 Å². The first kappa shape index (κ1) is 15.4. The van der Waals surface area contributed by atoms with E-state index in [1.165, 1.54) is 15.9 Å². The van der Waals surface area contributed by atoms with E-state index in [1.807, 2.05) is 37.3 Å². The molecule has 0 aliphatic rings. The molecule has 0 saturated heterocycles. The van der Waals surface area contributed by atoms with Crippen molar-refractivity contribution in [3.8, 4) is 11.1 Å². The molecule has 6 heteroatoms. The van der Waals surface area contributed by atoms with E-state index in [1.54, 1.807) is 6.92 Å². The van der Waals surface area contributed by atoms with Gasteiger partial charge in [0.05, 0.1) is 5.39 Å². The van der Waals surface area contributed by atoms with Crippen LogP contribution in [0.25, 0.3) is 21.3 Å². The van der Waals surface area contributed by atoms with Crippen LogP contribution >= 0.6 is 11.3 Å².